The number of rotatable bonds is 0. The third kappa shape index (κ3) is 0.843. The van der Waals surface area contributed by atoms with E-state index in [4.69, 9.17) is 12.2 Å². The second-order valence-electron chi connectivity index (χ2n) is 2.04. The first-order valence-corrected chi connectivity index (χ1v) is 4.07. The number of fused-ring (bicyclic) bond motifs is 1. The summed E-state index contributed by atoms with van der Waals surface area (Å²) in [6.07, 6.45) is 0.308. The molecule has 50 valence electrons. The van der Waals surface area contributed by atoms with Gasteiger partial charge in [0, 0.05) is 13.1 Å². The molecule has 0 amide bonds. The van der Waals surface area contributed by atoms with E-state index in [0.29, 0.717) is 6.29 Å². The Labute approximate surface area is 63.3 Å². The van der Waals surface area contributed by atoms with Crippen LogP contribution < -0.4 is 10.0 Å². The van der Waals surface area contributed by atoms with Crippen molar-refractivity contribution in [3.8, 4) is 0 Å². The molecule has 2 N–H and O–H groups in total. The zero-order valence-electron chi connectivity index (χ0n) is 4.76. The Bertz CT molecular complexity index is 149. The van der Waals surface area contributed by atoms with Crippen molar-refractivity contribution in [2.75, 3.05) is 13.1 Å². The second kappa shape index (κ2) is 2.09. The summed E-state index contributed by atoms with van der Waals surface area (Å²) in [6.45, 7) is 2.09. The normalized spacial score (nSPS) is 33.6. The summed E-state index contributed by atoms with van der Waals surface area (Å²) in [4.78, 5) is 2.15. The van der Waals surface area contributed by atoms with Gasteiger partial charge in [0.05, 0.1) is 0 Å². The van der Waals surface area contributed by atoms with Crippen LogP contribution in [0.3, 0.4) is 0 Å². The van der Waals surface area contributed by atoms with Gasteiger partial charge in [0.1, 0.15) is 6.29 Å². The Kier molecular flexibility index (Phi) is 1.37. The van der Waals surface area contributed by atoms with Gasteiger partial charge in [-0.1, -0.05) is 12.2 Å². The van der Waals surface area contributed by atoms with Crippen LogP contribution in [0.2, 0.25) is 0 Å². The van der Waals surface area contributed by atoms with Crippen LogP contribution in [0, 0.1) is 0 Å². The first-order valence-electron chi connectivity index (χ1n) is 2.84. The van der Waals surface area contributed by atoms with E-state index in [1.807, 2.05) is 0 Å². The Morgan fingerprint density at radius 1 is 1.78 bits per heavy atom. The minimum Gasteiger partial charge on any atom is -0.326 e. The fourth-order valence-corrected chi connectivity index (χ4v) is 2.11. The fraction of sp³-hybridized carbons (Fsp3) is 0.750. The van der Waals surface area contributed by atoms with E-state index < -0.39 is 0 Å². The van der Waals surface area contributed by atoms with Gasteiger partial charge in [0.25, 0.3) is 0 Å². The molecule has 0 aliphatic carbocycles. The highest BCUT2D eigenvalue weighted by molar-refractivity contribution is 8.22. The van der Waals surface area contributed by atoms with E-state index in [0.717, 1.165) is 17.4 Å². The molecule has 1 atom stereocenters. The van der Waals surface area contributed by atoms with Crippen LogP contribution in [0.25, 0.3) is 0 Å². The van der Waals surface area contributed by atoms with Crippen molar-refractivity contribution in [3.63, 3.8) is 0 Å². The summed E-state index contributed by atoms with van der Waals surface area (Å²) in [6, 6.07) is 0. The third-order valence-corrected chi connectivity index (χ3v) is 2.73. The number of hydrogen-bond donors (Lipinski definition) is 2. The van der Waals surface area contributed by atoms with Crippen molar-refractivity contribution in [1.82, 2.24) is 14.9 Å². The molecule has 0 radical (unpaired) electrons. The van der Waals surface area contributed by atoms with Crippen molar-refractivity contribution >= 4 is 28.5 Å². The summed E-state index contributed by atoms with van der Waals surface area (Å²) in [7, 11) is 0. The second-order valence-corrected chi connectivity index (χ2v) is 3.51. The first kappa shape index (κ1) is 5.91. The molecule has 0 aromatic rings. The quantitative estimate of drug-likeness (QED) is 0.376. The molecule has 0 bridgehead atoms. The first-order chi connectivity index (χ1) is 4.38. The lowest BCUT2D eigenvalue weighted by Gasteiger charge is -2.12. The largest absolute Gasteiger partial charge is 0.326 e. The van der Waals surface area contributed by atoms with Crippen molar-refractivity contribution in [1.29, 1.82) is 0 Å². The molecule has 2 heterocycles. The van der Waals surface area contributed by atoms with Crippen LogP contribution in [0.4, 0.5) is 0 Å². The molecule has 2 aliphatic heterocycles. The number of nitrogens with zero attached hydrogens (tertiary/aromatic N) is 1. The monoisotopic (exact) mass is 161 g/mol. The SMILES string of the molecule is S=C1SNC2NCCN12. The fourth-order valence-electron chi connectivity index (χ4n) is 1.03. The Hall–Kier alpha value is 0.160. The Morgan fingerprint density at radius 3 is 3.44 bits per heavy atom. The van der Waals surface area contributed by atoms with E-state index in [-0.39, 0.29) is 0 Å². The van der Waals surface area contributed by atoms with Gasteiger partial charge in [-0.25, -0.2) is 4.72 Å². The molecule has 1 unspecified atom stereocenters. The number of hydrogen-bond acceptors (Lipinski definition) is 4. The van der Waals surface area contributed by atoms with Crippen LogP contribution in [-0.4, -0.2) is 28.6 Å². The van der Waals surface area contributed by atoms with Crippen LogP contribution in [-0.2, 0) is 0 Å². The zero-order valence-corrected chi connectivity index (χ0v) is 6.39. The zero-order chi connectivity index (χ0) is 6.27. The van der Waals surface area contributed by atoms with Crippen molar-refractivity contribution in [2.24, 2.45) is 0 Å². The highest BCUT2D eigenvalue weighted by Crippen LogP contribution is 2.18. The van der Waals surface area contributed by atoms with Crippen molar-refractivity contribution in [3.05, 3.63) is 0 Å². The Balaban J connectivity index is 2.15. The lowest BCUT2D eigenvalue weighted by Crippen LogP contribution is -2.38. The third-order valence-electron chi connectivity index (χ3n) is 1.49. The topological polar surface area (TPSA) is 27.3 Å². The predicted molar refractivity (Wildman–Crippen MR) is 41.8 cm³/mol. The summed E-state index contributed by atoms with van der Waals surface area (Å²) < 4.78 is 4.12. The van der Waals surface area contributed by atoms with Crippen molar-refractivity contribution < 1.29 is 0 Å². The molecule has 0 spiro atoms. The Morgan fingerprint density at radius 2 is 2.67 bits per heavy atom. The molecule has 2 saturated heterocycles. The van der Waals surface area contributed by atoms with Gasteiger partial charge in [-0.15, -0.1) is 0 Å². The van der Waals surface area contributed by atoms with Gasteiger partial charge in [-0.05, 0) is 11.9 Å². The lowest BCUT2D eigenvalue weighted by molar-refractivity contribution is 0.380. The van der Waals surface area contributed by atoms with Crippen LogP contribution in [0.1, 0.15) is 0 Å². The van der Waals surface area contributed by atoms with E-state index in [2.05, 4.69) is 14.9 Å². The molecule has 2 rings (SSSR count). The van der Waals surface area contributed by atoms with Gasteiger partial charge in [0.15, 0.2) is 4.32 Å². The van der Waals surface area contributed by atoms with Crippen molar-refractivity contribution in [2.45, 2.75) is 6.29 Å². The molecule has 3 nitrogen and oxygen atoms in total. The van der Waals surface area contributed by atoms with Crippen LogP contribution in [0.15, 0.2) is 0 Å². The average molecular weight is 161 g/mol. The average Bonchev–Trinajstić information content (AvgIpc) is 2.35. The molecule has 0 aromatic carbocycles. The molecule has 0 aromatic heterocycles. The van der Waals surface area contributed by atoms with Gasteiger partial charge in [-0.3, -0.25) is 5.32 Å². The maximum Gasteiger partial charge on any atom is 0.153 e. The van der Waals surface area contributed by atoms with E-state index in [9.17, 15) is 0 Å². The van der Waals surface area contributed by atoms with Crippen LogP contribution in [0.5, 0.6) is 0 Å². The standard InChI is InChI=1S/C4H7N3S2/c8-4-7-2-1-5-3(7)6-9-4/h3,5-6H,1-2H2. The van der Waals surface area contributed by atoms with E-state index in [1.165, 1.54) is 11.9 Å². The predicted octanol–water partition coefficient (Wildman–Crippen LogP) is -0.289. The summed E-state index contributed by atoms with van der Waals surface area (Å²) in [5.74, 6) is 0. The molecule has 2 aliphatic rings. The summed E-state index contributed by atoms with van der Waals surface area (Å²) in [5, 5.41) is 3.26. The van der Waals surface area contributed by atoms with E-state index in [1.54, 1.807) is 0 Å². The molecule has 5 heteroatoms. The smallest absolute Gasteiger partial charge is 0.153 e. The minimum absolute atomic E-state index is 0.308. The lowest BCUT2D eigenvalue weighted by atomic mass is 10.6. The molecular weight excluding hydrogens is 154 g/mol. The minimum atomic E-state index is 0.308. The molecular formula is C4H7N3S2. The van der Waals surface area contributed by atoms with Gasteiger partial charge < -0.3 is 4.90 Å². The highest BCUT2D eigenvalue weighted by Gasteiger charge is 2.31. The summed E-state index contributed by atoms with van der Waals surface area (Å²) >= 11 is 6.58. The molecule has 9 heavy (non-hydrogen) atoms. The van der Waals surface area contributed by atoms with E-state index >= 15 is 0 Å². The van der Waals surface area contributed by atoms with Gasteiger partial charge in [-0.2, -0.15) is 0 Å². The molecule has 2 fully saturated rings. The number of thiocarbonyl (C=S) groups is 1. The van der Waals surface area contributed by atoms with Crippen LogP contribution >= 0.6 is 24.2 Å². The molecule has 0 saturated carbocycles. The van der Waals surface area contributed by atoms with Gasteiger partial charge in [0.2, 0.25) is 0 Å². The van der Waals surface area contributed by atoms with Gasteiger partial charge >= 0.3 is 0 Å². The maximum absolute atomic E-state index is 5.04. The summed E-state index contributed by atoms with van der Waals surface area (Å²) in [5.41, 5.74) is 0. The maximum atomic E-state index is 5.04. The number of nitrogens with one attached hydrogen (secondary N) is 2. The highest BCUT2D eigenvalue weighted by atomic mass is 32.2.